The van der Waals surface area contributed by atoms with Crippen molar-refractivity contribution in [3.8, 4) is 11.5 Å². The Morgan fingerprint density at radius 1 is 0.824 bits per heavy atom. The van der Waals surface area contributed by atoms with Crippen LogP contribution >= 0.6 is 0 Å². The minimum absolute atomic E-state index is 0.0662. The maximum atomic E-state index is 12.3. The van der Waals surface area contributed by atoms with Gasteiger partial charge in [-0.2, -0.15) is 0 Å². The highest BCUT2D eigenvalue weighted by Crippen LogP contribution is 2.30. The largest absolute Gasteiger partial charge is 0.461 e. The molecule has 2 atom stereocenters. The van der Waals surface area contributed by atoms with Crippen LogP contribution in [0.15, 0.2) is 18.2 Å². The predicted molar refractivity (Wildman–Crippen MR) is 125 cm³/mol. The van der Waals surface area contributed by atoms with Crippen molar-refractivity contribution in [3.63, 3.8) is 0 Å². The van der Waals surface area contributed by atoms with E-state index in [-0.39, 0.29) is 48.8 Å². The van der Waals surface area contributed by atoms with E-state index in [9.17, 15) is 19.2 Å². The van der Waals surface area contributed by atoms with Crippen LogP contribution in [0.4, 0.5) is 0 Å². The van der Waals surface area contributed by atoms with Gasteiger partial charge in [-0.3, -0.25) is 19.2 Å². The fourth-order valence-electron chi connectivity index (χ4n) is 2.58. The molecule has 0 bridgehead atoms. The number of esters is 4. The molecule has 9 nitrogen and oxygen atoms in total. The zero-order chi connectivity index (χ0) is 26.0. The highest BCUT2D eigenvalue weighted by Gasteiger charge is 2.22. The summed E-state index contributed by atoms with van der Waals surface area (Å²) in [5.74, 6) is -2.43. The van der Waals surface area contributed by atoms with E-state index in [4.69, 9.17) is 24.7 Å². The molecule has 1 rings (SSSR count). The summed E-state index contributed by atoms with van der Waals surface area (Å²) in [6, 6.07) is 3.62. The molecular formula is C25H37NO8. The van der Waals surface area contributed by atoms with Gasteiger partial charge in [-0.15, -0.1) is 0 Å². The highest BCUT2D eigenvalue weighted by atomic mass is 16.6. The Kier molecular flexibility index (Phi) is 11.7. The molecule has 0 saturated carbocycles. The first-order valence-electron chi connectivity index (χ1n) is 11.5. The number of carbonyl (C=O) groups excluding carboxylic acids is 4. The van der Waals surface area contributed by atoms with Crippen LogP contribution in [0.2, 0.25) is 0 Å². The first-order chi connectivity index (χ1) is 15.8. The maximum Gasteiger partial charge on any atom is 0.323 e. The van der Waals surface area contributed by atoms with Gasteiger partial charge in [0.15, 0.2) is 11.5 Å². The minimum atomic E-state index is -1.00. The average molecular weight is 480 g/mol. The number of hydrogen-bond donors (Lipinski definition) is 1. The molecule has 0 aliphatic heterocycles. The van der Waals surface area contributed by atoms with Gasteiger partial charge in [-0.1, -0.05) is 47.6 Å². The average Bonchev–Trinajstić information content (AvgIpc) is 2.72. The fourth-order valence-corrected chi connectivity index (χ4v) is 2.58. The van der Waals surface area contributed by atoms with Crippen LogP contribution in [-0.2, 0) is 35.1 Å². The normalized spacial score (nSPS) is 12.9. The lowest BCUT2D eigenvalue weighted by Gasteiger charge is -2.17. The molecule has 34 heavy (non-hydrogen) atoms. The van der Waals surface area contributed by atoms with E-state index in [0.29, 0.717) is 5.56 Å². The Morgan fingerprint density at radius 2 is 1.38 bits per heavy atom. The molecule has 2 N–H and O–H groups in total. The van der Waals surface area contributed by atoms with E-state index in [1.165, 1.54) is 12.1 Å². The zero-order valence-corrected chi connectivity index (χ0v) is 21.1. The van der Waals surface area contributed by atoms with E-state index in [0.717, 1.165) is 0 Å². The van der Waals surface area contributed by atoms with Crippen LogP contribution < -0.4 is 15.2 Å². The van der Waals surface area contributed by atoms with Crippen molar-refractivity contribution in [2.75, 3.05) is 6.61 Å². The monoisotopic (exact) mass is 479 g/mol. The maximum absolute atomic E-state index is 12.3. The molecule has 1 aromatic carbocycles. The molecule has 0 fully saturated rings. The third kappa shape index (κ3) is 10.3. The standard InChI is InChI=1S/C25H37NO8/c1-14(2)10-22(27)32-17(7)13-31-25(30)19(26)11-18-8-9-20(33-23(28)15(3)4)21(12-18)34-24(29)16(5)6/h8-9,12,14-17,19H,10-11,13,26H2,1-7H3/t17-,19-/m0/s1. The van der Waals surface area contributed by atoms with Crippen LogP contribution in [0.1, 0.15) is 60.5 Å². The Bertz CT molecular complexity index is 862. The molecule has 0 aromatic heterocycles. The SMILES string of the molecule is CC(C)CC(=O)O[C@@H](C)COC(=O)[C@@H](N)Cc1ccc(OC(=O)C(C)C)c(OC(=O)C(C)C)c1. The smallest absolute Gasteiger partial charge is 0.323 e. The van der Waals surface area contributed by atoms with Crippen LogP contribution in [0.5, 0.6) is 11.5 Å². The van der Waals surface area contributed by atoms with Crippen LogP contribution in [0.25, 0.3) is 0 Å². The van der Waals surface area contributed by atoms with Crippen molar-refractivity contribution < 1.29 is 38.1 Å². The molecule has 0 unspecified atom stereocenters. The zero-order valence-electron chi connectivity index (χ0n) is 21.1. The van der Waals surface area contributed by atoms with E-state index >= 15 is 0 Å². The van der Waals surface area contributed by atoms with E-state index in [1.807, 2.05) is 13.8 Å². The first kappa shape index (κ1) is 29.1. The number of carbonyl (C=O) groups is 4. The van der Waals surface area contributed by atoms with Gasteiger partial charge >= 0.3 is 23.9 Å². The molecule has 0 spiro atoms. The summed E-state index contributed by atoms with van der Waals surface area (Å²) in [6.07, 6.45) is -0.228. The summed E-state index contributed by atoms with van der Waals surface area (Å²) in [5.41, 5.74) is 6.57. The molecule has 1 aromatic rings. The Hall–Kier alpha value is -2.94. The summed E-state index contributed by atoms with van der Waals surface area (Å²) < 4.78 is 21.1. The predicted octanol–water partition coefficient (Wildman–Crippen LogP) is 3.20. The fraction of sp³-hybridized carbons (Fsp3) is 0.600. The lowest BCUT2D eigenvalue weighted by atomic mass is 10.1. The second-order valence-electron chi connectivity index (χ2n) is 9.27. The summed E-state index contributed by atoms with van der Waals surface area (Å²) >= 11 is 0. The molecule has 9 heteroatoms. The van der Waals surface area contributed by atoms with Gasteiger partial charge in [0.25, 0.3) is 0 Å². The number of benzene rings is 1. The Morgan fingerprint density at radius 3 is 1.91 bits per heavy atom. The number of rotatable bonds is 12. The van der Waals surface area contributed by atoms with Crippen LogP contribution in [0, 0.1) is 17.8 Å². The van der Waals surface area contributed by atoms with Crippen LogP contribution in [-0.4, -0.2) is 42.6 Å². The van der Waals surface area contributed by atoms with Crippen molar-refractivity contribution >= 4 is 23.9 Å². The summed E-state index contributed by atoms with van der Waals surface area (Å²) in [5, 5.41) is 0. The van der Waals surface area contributed by atoms with Crippen molar-refractivity contribution in [1.29, 1.82) is 0 Å². The van der Waals surface area contributed by atoms with Crippen molar-refractivity contribution in [2.45, 2.75) is 73.5 Å². The molecule has 0 radical (unpaired) electrons. The molecule has 0 heterocycles. The number of ether oxygens (including phenoxy) is 4. The van der Waals surface area contributed by atoms with Crippen molar-refractivity contribution in [2.24, 2.45) is 23.5 Å². The van der Waals surface area contributed by atoms with Gasteiger partial charge in [0.2, 0.25) is 0 Å². The van der Waals surface area contributed by atoms with E-state index < -0.39 is 36.0 Å². The number of hydrogen-bond acceptors (Lipinski definition) is 9. The van der Waals surface area contributed by atoms with E-state index in [2.05, 4.69) is 0 Å². The van der Waals surface area contributed by atoms with Gasteiger partial charge < -0.3 is 24.7 Å². The topological polar surface area (TPSA) is 131 Å². The highest BCUT2D eigenvalue weighted by molar-refractivity contribution is 5.78. The Balaban J connectivity index is 2.82. The molecule has 0 aliphatic carbocycles. The summed E-state index contributed by atoms with van der Waals surface area (Å²) in [6.45, 7) is 12.1. The van der Waals surface area contributed by atoms with Crippen LogP contribution in [0.3, 0.4) is 0 Å². The lowest BCUT2D eigenvalue weighted by Crippen LogP contribution is -2.36. The second-order valence-corrected chi connectivity index (χ2v) is 9.27. The van der Waals surface area contributed by atoms with Gasteiger partial charge in [-0.05, 0) is 37.0 Å². The summed E-state index contributed by atoms with van der Waals surface area (Å²) in [7, 11) is 0. The van der Waals surface area contributed by atoms with Gasteiger partial charge in [0.1, 0.15) is 18.8 Å². The Labute approximate surface area is 201 Å². The lowest BCUT2D eigenvalue weighted by molar-refractivity contribution is -0.159. The van der Waals surface area contributed by atoms with Crippen molar-refractivity contribution in [1.82, 2.24) is 0 Å². The minimum Gasteiger partial charge on any atom is -0.461 e. The van der Waals surface area contributed by atoms with Gasteiger partial charge in [0.05, 0.1) is 11.8 Å². The molecule has 0 amide bonds. The third-order valence-corrected chi connectivity index (χ3v) is 4.50. The van der Waals surface area contributed by atoms with Crippen molar-refractivity contribution in [3.05, 3.63) is 23.8 Å². The molecule has 0 aliphatic rings. The van der Waals surface area contributed by atoms with Gasteiger partial charge in [0, 0.05) is 6.42 Å². The molecular weight excluding hydrogens is 442 g/mol. The number of nitrogens with two attached hydrogens (primary N) is 1. The van der Waals surface area contributed by atoms with Gasteiger partial charge in [-0.25, -0.2) is 0 Å². The third-order valence-electron chi connectivity index (χ3n) is 4.50. The molecule has 0 saturated heterocycles. The van der Waals surface area contributed by atoms with E-state index in [1.54, 1.807) is 40.7 Å². The summed E-state index contributed by atoms with van der Waals surface area (Å²) in [4.78, 5) is 48.1. The quantitative estimate of drug-likeness (QED) is 0.354. The molecule has 190 valence electrons. The second kappa shape index (κ2) is 13.7. The first-order valence-corrected chi connectivity index (χ1v) is 11.5.